The first kappa shape index (κ1) is 12.6. The van der Waals surface area contributed by atoms with Gasteiger partial charge in [-0.3, -0.25) is 9.59 Å². The van der Waals surface area contributed by atoms with E-state index in [1.165, 1.54) is 6.20 Å². The molecule has 3 heterocycles. The number of aliphatic carboxylic acids is 1. The van der Waals surface area contributed by atoms with E-state index in [4.69, 9.17) is 9.84 Å². The fourth-order valence-corrected chi connectivity index (χ4v) is 2.30. The lowest BCUT2D eigenvalue weighted by Crippen LogP contribution is -2.42. The smallest absolute Gasteiger partial charge is 0.311 e. The van der Waals surface area contributed by atoms with Crippen molar-refractivity contribution in [3.8, 4) is 0 Å². The van der Waals surface area contributed by atoms with Gasteiger partial charge < -0.3 is 15.2 Å². The SMILES string of the molecule is O=C(NC1COCC1C(=O)O)c1cnn2ccccc12. The predicted molar refractivity (Wildman–Crippen MR) is 68.4 cm³/mol. The lowest BCUT2D eigenvalue weighted by molar-refractivity contribution is -0.142. The van der Waals surface area contributed by atoms with E-state index in [2.05, 4.69) is 10.4 Å². The zero-order valence-corrected chi connectivity index (χ0v) is 10.5. The van der Waals surface area contributed by atoms with Gasteiger partial charge in [0.1, 0.15) is 5.92 Å². The first-order chi connectivity index (χ1) is 9.66. The molecule has 1 aliphatic rings. The van der Waals surface area contributed by atoms with E-state index in [-0.39, 0.29) is 19.1 Å². The van der Waals surface area contributed by atoms with E-state index < -0.39 is 17.9 Å². The first-order valence-electron chi connectivity index (χ1n) is 6.20. The van der Waals surface area contributed by atoms with Gasteiger partial charge in [-0.05, 0) is 12.1 Å². The molecule has 104 valence electrons. The number of aromatic nitrogens is 2. The summed E-state index contributed by atoms with van der Waals surface area (Å²) in [5, 5.41) is 15.8. The Balaban J connectivity index is 1.81. The average molecular weight is 275 g/mol. The number of fused-ring (bicyclic) bond motifs is 1. The lowest BCUT2D eigenvalue weighted by atomic mass is 10.0. The summed E-state index contributed by atoms with van der Waals surface area (Å²) in [4.78, 5) is 23.3. The van der Waals surface area contributed by atoms with Crippen LogP contribution >= 0.6 is 0 Å². The van der Waals surface area contributed by atoms with E-state index in [1.54, 1.807) is 16.8 Å². The van der Waals surface area contributed by atoms with Crippen molar-refractivity contribution >= 4 is 17.4 Å². The monoisotopic (exact) mass is 275 g/mol. The van der Waals surface area contributed by atoms with E-state index in [0.717, 1.165) is 0 Å². The molecule has 0 aromatic carbocycles. The summed E-state index contributed by atoms with van der Waals surface area (Å²) in [5.74, 6) is -2.01. The second-order valence-electron chi connectivity index (χ2n) is 4.65. The molecule has 0 spiro atoms. The topological polar surface area (TPSA) is 92.9 Å². The van der Waals surface area contributed by atoms with Crippen LogP contribution in [0, 0.1) is 5.92 Å². The standard InChI is InChI=1S/C13H13N3O4/c17-12(15-10-7-20-6-9(10)13(18)19)8-5-14-16-4-2-1-3-11(8)16/h1-5,9-10H,6-7H2,(H,15,17)(H,18,19). The van der Waals surface area contributed by atoms with Crippen molar-refractivity contribution in [1.29, 1.82) is 0 Å². The summed E-state index contributed by atoms with van der Waals surface area (Å²) in [5.41, 5.74) is 1.09. The number of hydrogen-bond acceptors (Lipinski definition) is 4. The van der Waals surface area contributed by atoms with Crippen LogP contribution in [-0.4, -0.2) is 45.9 Å². The number of rotatable bonds is 3. The molecule has 1 fully saturated rings. The van der Waals surface area contributed by atoms with Gasteiger partial charge in [-0.1, -0.05) is 6.07 Å². The van der Waals surface area contributed by atoms with Gasteiger partial charge >= 0.3 is 5.97 Å². The molecule has 0 bridgehead atoms. The number of carbonyl (C=O) groups is 2. The Bertz CT molecular complexity index is 666. The Labute approximate surface area is 114 Å². The third kappa shape index (κ3) is 2.12. The molecule has 3 rings (SSSR count). The molecule has 0 radical (unpaired) electrons. The van der Waals surface area contributed by atoms with Crippen LogP contribution in [-0.2, 0) is 9.53 Å². The Morgan fingerprint density at radius 2 is 2.25 bits per heavy atom. The van der Waals surface area contributed by atoms with Gasteiger partial charge in [-0.15, -0.1) is 0 Å². The molecule has 1 amide bonds. The van der Waals surface area contributed by atoms with Crippen LogP contribution in [0.1, 0.15) is 10.4 Å². The lowest BCUT2D eigenvalue weighted by Gasteiger charge is -2.15. The summed E-state index contributed by atoms with van der Waals surface area (Å²) >= 11 is 0. The number of ether oxygens (including phenoxy) is 1. The third-order valence-electron chi connectivity index (χ3n) is 3.39. The predicted octanol–water partition coefficient (Wildman–Crippen LogP) is 0.164. The van der Waals surface area contributed by atoms with Crippen molar-refractivity contribution in [2.45, 2.75) is 6.04 Å². The number of carbonyl (C=O) groups excluding carboxylic acids is 1. The largest absolute Gasteiger partial charge is 0.481 e. The van der Waals surface area contributed by atoms with Crippen LogP contribution in [0.25, 0.3) is 5.52 Å². The van der Waals surface area contributed by atoms with Gasteiger partial charge in [0.15, 0.2) is 0 Å². The van der Waals surface area contributed by atoms with Crippen molar-refractivity contribution in [1.82, 2.24) is 14.9 Å². The third-order valence-corrected chi connectivity index (χ3v) is 3.39. The van der Waals surface area contributed by atoms with Crippen molar-refractivity contribution in [2.24, 2.45) is 5.92 Å². The number of pyridine rings is 1. The zero-order valence-electron chi connectivity index (χ0n) is 10.5. The maximum Gasteiger partial charge on any atom is 0.311 e. The van der Waals surface area contributed by atoms with Gasteiger partial charge in [-0.2, -0.15) is 5.10 Å². The summed E-state index contributed by atoms with van der Waals surface area (Å²) in [6.07, 6.45) is 3.21. The van der Waals surface area contributed by atoms with Crippen LogP contribution in [0.3, 0.4) is 0 Å². The quantitative estimate of drug-likeness (QED) is 0.832. The normalized spacial score (nSPS) is 22.0. The number of amides is 1. The van der Waals surface area contributed by atoms with Crippen molar-refractivity contribution in [3.63, 3.8) is 0 Å². The van der Waals surface area contributed by atoms with E-state index in [1.807, 2.05) is 12.1 Å². The van der Waals surface area contributed by atoms with Crippen molar-refractivity contribution < 1.29 is 19.4 Å². The summed E-state index contributed by atoms with van der Waals surface area (Å²) in [7, 11) is 0. The fourth-order valence-electron chi connectivity index (χ4n) is 2.30. The first-order valence-corrected chi connectivity index (χ1v) is 6.20. The van der Waals surface area contributed by atoms with Crippen LogP contribution in [0.2, 0.25) is 0 Å². The highest BCUT2D eigenvalue weighted by Gasteiger charge is 2.35. The molecule has 7 heteroatoms. The van der Waals surface area contributed by atoms with Gasteiger partial charge in [0.25, 0.3) is 5.91 Å². The molecule has 2 atom stereocenters. The van der Waals surface area contributed by atoms with Gasteiger partial charge in [-0.25, -0.2) is 4.52 Å². The molecule has 0 aliphatic carbocycles. The van der Waals surface area contributed by atoms with Gasteiger partial charge in [0.2, 0.25) is 0 Å². The molecule has 7 nitrogen and oxygen atoms in total. The Kier molecular flexibility index (Phi) is 3.11. The number of carboxylic acids is 1. The highest BCUT2D eigenvalue weighted by atomic mass is 16.5. The summed E-state index contributed by atoms with van der Waals surface area (Å²) < 4.78 is 6.71. The van der Waals surface area contributed by atoms with Crippen LogP contribution in [0.4, 0.5) is 0 Å². The Morgan fingerprint density at radius 3 is 3.05 bits per heavy atom. The minimum atomic E-state index is -0.965. The number of carboxylic acid groups (broad SMARTS) is 1. The van der Waals surface area contributed by atoms with Crippen LogP contribution < -0.4 is 5.32 Å². The Hall–Kier alpha value is -2.41. The minimum Gasteiger partial charge on any atom is -0.481 e. The fraction of sp³-hybridized carbons (Fsp3) is 0.308. The number of nitrogens with one attached hydrogen (secondary N) is 1. The molecule has 2 N–H and O–H groups in total. The van der Waals surface area contributed by atoms with E-state index >= 15 is 0 Å². The van der Waals surface area contributed by atoms with Crippen LogP contribution in [0.5, 0.6) is 0 Å². The molecule has 2 unspecified atom stereocenters. The average Bonchev–Trinajstić information content (AvgIpc) is 3.04. The summed E-state index contributed by atoms with van der Waals surface area (Å²) in [6.45, 7) is 0.330. The Morgan fingerprint density at radius 1 is 1.40 bits per heavy atom. The summed E-state index contributed by atoms with van der Waals surface area (Å²) in [6, 6.07) is 4.89. The number of nitrogens with zero attached hydrogens (tertiary/aromatic N) is 2. The molecule has 2 aromatic rings. The number of hydrogen-bond donors (Lipinski definition) is 2. The van der Waals surface area contributed by atoms with Gasteiger partial charge in [0, 0.05) is 6.20 Å². The minimum absolute atomic E-state index is 0.120. The van der Waals surface area contributed by atoms with Crippen molar-refractivity contribution in [3.05, 3.63) is 36.2 Å². The van der Waals surface area contributed by atoms with E-state index in [9.17, 15) is 9.59 Å². The van der Waals surface area contributed by atoms with Crippen molar-refractivity contribution in [2.75, 3.05) is 13.2 Å². The zero-order chi connectivity index (χ0) is 14.1. The second-order valence-corrected chi connectivity index (χ2v) is 4.65. The van der Waals surface area contributed by atoms with E-state index in [0.29, 0.717) is 11.1 Å². The molecule has 1 saturated heterocycles. The maximum atomic E-state index is 12.2. The second kappa shape index (κ2) is 4.93. The molecule has 20 heavy (non-hydrogen) atoms. The van der Waals surface area contributed by atoms with Gasteiger partial charge in [0.05, 0.1) is 36.5 Å². The maximum absolute atomic E-state index is 12.2. The molecule has 0 saturated carbocycles. The highest BCUT2D eigenvalue weighted by Crippen LogP contribution is 2.16. The molecular weight excluding hydrogens is 262 g/mol. The molecule has 1 aliphatic heterocycles. The van der Waals surface area contributed by atoms with Crippen LogP contribution in [0.15, 0.2) is 30.6 Å². The molecule has 2 aromatic heterocycles. The highest BCUT2D eigenvalue weighted by molar-refractivity contribution is 6.00. The molecular formula is C13H13N3O4.